The fourth-order valence-corrected chi connectivity index (χ4v) is 3.14. The van der Waals surface area contributed by atoms with E-state index in [1.165, 1.54) is 11.8 Å². The van der Waals surface area contributed by atoms with E-state index < -0.39 is 0 Å². The number of nitrogens with zero attached hydrogens (tertiary/aromatic N) is 1. The number of amides is 2. The van der Waals surface area contributed by atoms with Crippen LogP contribution in [0.15, 0.2) is 46.9 Å². The first-order chi connectivity index (χ1) is 10.6. The Morgan fingerprint density at radius 1 is 1.14 bits per heavy atom. The average Bonchev–Trinajstić information content (AvgIpc) is 2.96. The van der Waals surface area contributed by atoms with Crippen molar-refractivity contribution in [3.8, 4) is 0 Å². The van der Waals surface area contributed by atoms with Gasteiger partial charge in [-0.15, -0.1) is 0 Å². The van der Waals surface area contributed by atoms with E-state index in [4.69, 9.17) is 0 Å². The molecule has 0 saturated carbocycles. The quantitative estimate of drug-likeness (QED) is 0.891. The van der Waals surface area contributed by atoms with Gasteiger partial charge in [0.2, 0.25) is 5.91 Å². The smallest absolute Gasteiger partial charge is 0.266 e. The highest BCUT2D eigenvalue weighted by molar-refractivity contribution is 9.10. The van der Waals surface area contributed by atoms with E-state index in [1.807, 2.05) is 18.2 Å². The van der Waals surface area contributed by atoms with Crippen LogP contribution in [0.1, 0.15) is 22.8 Å². The molecular formula is C17H15BrN2O2. The molecule has 0 unspecified atom stereocenters. The largest absolute Gasteiger partial charge is 0.383 e. The third-order valence-electron chi connectivity index (χ3n) is 3.69. The van der Waals surface area contributed by atoms with Gasteiger partial charge in [-0.3, -0.25) is 9.59 Å². The average molecular weight is 359 g/mol. The van der Waals surface area contributed by atoms with Crippen molar-refractivity contribution in [2.24, 2.45) is 0 Å². The fraction of sp³-hybridized carbons (Fsp3) is 0.176. The lowest BCUT2D eigenvalue weighted by molar-refractivity contribution is -0.115. The van der Waals surface area contributed by atoms with Gasteiger partial charge in [0.05, 0.1) is 16.9 Å². The van der Waals surface area contributed by atoms with E-state index in [0.29, 0.717) is 15.7 Å². The molecule has 0 fully saturated rings. The molecule has 112 valence electrons. The third kappa shape index (κ3) is 2.52. The van der Waals surface area contributed by atoms with Gasteiger partial charge in [0.15, 0.2) is 0 Å². The molecule has 0 saturated heterocycles. The van der Waals surface area contributed by atoms with Gasteiger partial charge in [-0.05, 0) is 46.1 Å². The summed E-state index contributed by atoms with van der Waals surface area (Å²) in [4.78, 5) is 26.2. The maximum absolute atomic E-state index is 12.9. The van der Waals surface area contributed by atoms with Crippen LogP contribution in [0.3, 0.4) is 0 Å². The number of carbonyl (C=O) groups is 2. The molecule has 1 aliphatic rings. The number of carbonyl (C=O) groups excluding carboxylic acids is 2. The number of imide groups is 1. The van der Waals surface area contributed by atoms with Crippen molar-refractivity contribution in [3.05, 3.63) is 58.1 Å². The van der Waals surface area contributed by atoms with E-state index in [1.54, 1.807) is 24.3 Å². The lowest BCUT2D eigenvalue weighted by Gasteiger charge is -2.22. The van der Waals surface area contributed by atoms with Crippen LogP contribution in [0.25, 0.3) is 0 Å². The monoisotopic (exact) mass is 358 g/mol. The number of hydrogen-bond donors (Lipinski definition) is 1. The van der Waals surface area contributed by atoms with Gasteiger partial charge in [0.25, 0.3) is 5.91 Å². The first-order valence-electron chi connectivity index (χ1n) is 7.05. The first-order valence-corrected chi connectivity index (χ1v) is 7.84. The van der Waals surface area contributed by atoms with Gasteiger partial charge in [0.1, 0.15) is 0 Å². The predicted molar refractivity (Wildman–Crippen MR) is 90.3 cm³/mol. The maximum Gasteiger partial charge on any atom is 0.266 e. The van der Waals surface area contributed by atoms with Crippen LogP contribution < -0.4 is 10.2 Å². The molecule has 0 atom stereocenters. The Kier molecular flexibility index (Phi) is 3.98. The van der Waals surface area contributed by atoms with Crippen LogP contribution in [-0.2, 0) is 11.2 Å². The van der Waals surface area contributed by atoms with Crippen molar-refractivity contribution < 1.29 is 9.59 Å². The third-order valence-corrected chi connectivity index (χ3v) is 4.38. The van der Waals surface area contributed by atoms with Crippen molar-refractivity contribution in [2.75, 3.05) is 16.8 Å². The van der Waals surface area contributed by atoms with Crippen LogP contribution in [0.2, 0.25) is 0 Å². The number of rotatable bonds is 2. The predicted octanol–water partition coefficient (Wildman–Crippen LogP) is 3.61. The van der Waals surface area contributed by atoms with Crippen molar-refractivity contribution in [1.29, 1.82) is 0 Å². The molecule has 2 aromatic rings. The molecule has 0 aliphatic carbocycles. The van der Waals surface area contributed by atoms with E-state index >= 15 is 0 Å². The zero-order valence-electron chi connectivity index (χ0n) is 12.1. The first kappa shape index (κ1) is 14.8. The fourth-order valence-electron chi connectivity index (χ4n) is 2.68. The Hall–Kier alpha value is -2.14. The topological polar surface area (TPSA) is 49.4 Å². The van der Waals surface area contributed by atoms with Gasteiger partial charge in [-0.25, -0.2) is 4.90 Å². The van der Waals surface area contributed by atoms with Crippen molar-refractivity contribution in [2.45, 2.75) is 13.3 Å². The summed E-state index contributed by atoms with van der Waals surface area (Å²) in [5.74, 6) is -0.634. The number of anilines is 2. The minimum absolute atomic E-state index is 0.303. The second kappa shape index (κ2) is 5.93. The molecule has 2 aromatic carbocycles. The zero-order chi connectivity index (χ0) is 15.7. The highest BCUT2D eigenvalue weighted by Gasteiger charge is 2.27. The number of nitrogens with one attached hydrogen (secondary N) is 1. The summed E-state index contributed by atoms with van der Waals surface area (Å²) in [6.07, 6.45) is 0.901. The SMILES string of the molecule is CC(=O)N(C(=O)c1ccccc1Br)c1cccc2c1NCC2. The molecule has 0 bridgehead atoms. The number of halogens is 1. The lowest BCUT2D eigenvalue weighted by Crippen LogP contribution is -2.35. The number of para-hydroxylation sites is 1. The Balaban J connectivity index is 2.09. The molecule has 2 amide bonds. The van der Waals surface area contributed by atoms with Crippen molar-refractivity contribution in [3.63, 3.8) is 0 Å². The summed E-state index contributed by atoms with van der Waals surface area (Å²) >= 11 is 3.37. The van der Waals surface area contributed by atoms with Gasteiger partial charge >= 0.3 is 0 Å². The van der Waals surface area contributed by atoms with Crippen LogP contribution >= 0.6 is 15.9 Å². The maximum atomic E-state index is 12.9. The minimum Gasteiger partial charge on any atom is -0.383 e. The molecule has 1 aliphatic heterocycles. The summed E-state index contributed by atoms with van der Waals surface area (Å²) < 4.78 is 0.673. The summed E-state index contributed by atoms with van der Waals surface area (Å²) in [6, 6.07) is 12.8. The Morgan fingerprint density at radius 2 is 1.91 bits per heavy atom. The second-order valence-corrected chi connectivity index (χ2v) is 5.98. The Bertz CT molecular complexity index is 758. The molecule has 4 nitrogen and oxygen atoms in total. The highest BCUT2D eigenvalue weighted by atomic mass is 79.9. The van der Waals surface area contributed by atoms with Gasteiger partial charge < -0.3 is 5.32 Å². The summed E-state index contributed by atoms with van der Waals surface area (Å²) in [5.41, 5.74) is 3.08. The van der Waals surface area contributed by atoms with Crippen molar-refractivity contribution in [1.82, 2.24) is 0 Å². The molecule has 22 heavy (non-hydrogen) atoms. The molecule has 5 heteroatoms. The zero-order valence-corrected chi connectivity index (χ0v) is 13.7. The van der Waals surface area contributed by atoms with Gasteiger partial charge in [-0.1, -0.05) is 24.3 Å². The molecule has 1 N–H and O–H groups in total. The normalized spacial score (nSPS) is 12.5. The Morgan fingerprint density at radius 3 is 2.64 bits per heavy atom. The number of hydrogen-bond acceptors (Lipinski definition) is 3. The highest BCUT2D eigenvalue weighted by Crippen LogP contribution is 2.34. The van der Waals surface area contributed by atoms with Crippen molar-refractivity contribution >= 4 is 39.1 Å². The lowest BCUT2D eigenvalue weighted by atomic mass is 10.1. The molecule has 1 heterocycles. The number of benzene rings is 2. The molecular weight excluding hydrogens is 344 g/mol. The van der Waals surface area contributed by atoms with E-state index in [0.717, 1.165) is 24.2 Å². The summed E-state index contributed by atoms with van der Waals surface area (Å²) in [7, 11) is 0. The molecule has 0 spiro atoms. The van der Waals surface area contributed by atoms with Crippen LogP contribution in [0.5, 0.6) is 0 Å². The van der Waals surface area contributed by atoms with Crippen LogP contribution in [0.4, 0.5) is 11.4 Å². The summed E-state index contributed by atoms with van der Waals surface area (Å²) in [6.45, 7) is 2.23. The summed E-state index contributed by atoms with van der Waals surface area (Å²) in [5, 5.41) is 3.27. The van der Waals surface area contributed by atoms with E-state index in [9.17, 15) is 9.59 Å². The van der Waals surface area contributed by atoms with Crippen LogP contribution in [-0.4, -0.2) is 18.4 Å². The Labute approximate surface area is 137 Å². The number of fused-ring (bicyclic) bond motifs is 1. The molecule has 0 radical (unpaired) electrons. The van der Waals surface area contributed by atoms with Gasteiger partial charge in [-0.2, -0.15) is 0 Å². The standard InChI is InChI=1S/C17H15BrN2O2/c1-11(21)20(17(22)13-6-2-3-7-14(13)18)15-8-4-5-12-9-10-19-16(12)15/h2-8,19H,9-10H2,1H3. The molecule has 0 aromatic heterocycles. The van der Waals surface area contributed by atoms with E-state index in [-0.39, 0.29) is 11.8 Å². The van der Waals surface area contributed by atoms with E-state index in [2.05, 4.69) is 21.2 Å². The van der Waals surface area contributed by atoms with Gasteiger partial charge in [0, 0.05) is 17.9 Å². The molecule has 3 rings (SSSR count). The second-order valence-electron chi connectivity index (χ2n) is 5.13. The minimum atomic E-state index is -0.331. The van der Waals surface area contributed by atoms with Crippen LogP contribution in [0, 0.1) is 0 Å².